The van der Waals surface area contributed by atoms with E-state index in [9.17, 15) is 14.7 Å². The standard InChI is InChI=1S/C31H60O5/c1-3-5-7-9-11-13-14-15-16-18-20-22-24-26-31(34)36-28-29(32)27-35-30(33)25-23-21-19-17-12-10-8-6-4-2/h29,32H,3-28H2,1-2H3/t29-/m0/s1. The molecule has 0 saturated heterocycles. The Morgan fingerprint density at radius 3 is 1.00 bits per heavy atom. The van der Waals surface area contributed by atoms with Crippen molar-refractivity contribution in [2.75, 3.05) is 13.2 Å². The molecule has 214 valence electrons. The number of carbonyl (C=O) groups excluding carboxylic acids is 2. The molecule has 0 amide bonds. The molecule has 0 aliphatic carbocycles. The van der Waals surface area contributed by atoms with Gasteiger partial charge in [-0.15, -0.1) is 0 Å². The summed E-state index contributed by atoms with van der Waals surface area (Å²) in [6.45, 7) is 4.27. The number of rotatable bonds is 28. The SMILES string of the molecule is CCCCCCCCCCCCCCCC(=O)OC[C@@H](O)COC(=O)CCCCCCCCCCC. The van der Waals surface area contributed by atoms with Crippen molar-refractivity contribution >= 4 is 11.9 Å². The van der Waals surface area contributed by atoms with Gasteiger partial charge in [0.2, 0.25) is 0 Å². The number of hydrogen-bond acceptors (Lipinski definition) is 5. The fraction of sp³-hybridized carbons (Fsp3) is 0.935. The average molecular weight is 513 g/mol. The maximum absolute atomic E-state index is 11.8. The van der Waals surface area contributed by atoms with Crippen LogP contribution in [0.2, 0.25) is 0 Å². The summed E-state index contributed by atoms with van der Waals surface area (Å²) in [7, 11) is 0. The third kappa shape index (κ3) is 27.5. The number of hydrogen-bond donors (Lipinski definition) is 1. The number of esters is 2. The van der Waals surface area contributed by atoms with Crippen LogP contribution >= 0.6 is 0 Å². The van der Waals surface area contributed by atoms with Crippen molar-refractivity contribution in [3.8, 4) is 0 Å². The molecule has 0 unspecified atom stereocenters. The van der Waals surface area contributed by atoms with E-state index in [1.54, 1.807) is 0 Å². The Morgan fingerprint density at radius 1 is 0.472 bits per heavy atom. The Morgan fingerprint density at radius 2 is 0.722 bits per heavy atom. The predicted molar refractivity (Wildman–Crippen MR) is 150 cm³/mol. The minimum Gasteiger partial charge on any atom is -0.463 e. The lowest BCUT2D eigenvalue weighted by atomic mass is 10.0. The van der Waals surface area contributed by atoms with Gasteiger partial charge in [-0.3, -0.25) is 9.59 Å². The van der Waals surface area contributed by atoms with E-state index in [2.05, 4.69) is 13.8 Å². The van der Waals surface area contributed by atoms with Gasteiger partial charge in [0.15, 0.2) is 0 Å². The Balaban J connectivity index is 3.41. The fourth-order valence-electron chi connectivity index (χ4n) is 4.44. The van der Waals surface area contributed by atoms with Gasteiger partial charge < -0.3 is 14.6 Å². The van der Waals surface area contributed by atoms with E-state index < -0.39 is 6.10 Å². The second-order valence-electron chi connectivity index (χ2n) is 10.6. The molecule has 0 fully saturated rings. The van der Waals surface area contributed by atoms with Crippen molar-refractivity contribution in [3.63, 3.8) is 0 Å². The summed E-state index contributed by atoms with van der Waals surface area (Å²) in [4.78, 5) is 23.6. The van der Waals surface area contributed by atoms with Crippen LogP contribution in [0.1, 0.15) is 168 Å². The molecule has 0 saturated carbocycles. The van der Waals surface area contributed by atoms with E-state index in [0.29, 0.717) is 12.8 Å². The van der Waals surface area contributed by atoms with Crippen molar-refractivity contribution in [1.82, 2.24) is 0 Å². The lowest BCUT2D eigenvalue weighted by Gasteiger charge is -2.12. The first-order chi connectivity index (χ1) is 17.6. The van der Waals surface area contributed by atoms with Crippen LogP contribution in [-0.2, 0) is 19.1 Å². The molecule has 36 heavy (non-hydrogen) atoms. The van der Waals surface area contributed by atoms with Crippen molar-refractivity contribution in [1.29, 1.82) is 0 Å². The first-order valence-corrected chi connectivity index (χ1v) is 15.6. The van der Waals surface area contributed by atoms with Gasteiger partial charge in [-0.25, -0.2) is 0 Å². The van der Waals surface area contributed by atoms with Crippen molar-refractivity contribution < 1.29 is 24.2 Å². The molecule has 0 rings (SSSR count). The van der Waals surface area contributed by atoms with Crippen LogP contribution in [-0.4, -0.2) is 36.4 Å². The third-order valence-corrected chi connectivity index (χ3v) is 6.84. The molecule has 0 aliphatic rings. The number of aliphatic hydroxyl groups excluding tert-OH is 1. The van der Waals surface area contributed by atoms with Gasteiger partial charge in [-0.05, 0) is 12.8 Å². The Labute approximate surface area is 223 Å². The van der Waals surface area contributed by atoms with Gasteiger partial charge in [-0.1, -0.05) is 142 Å². The molecular formula is C31H60O5. The molecule has 0 heterocycles. The van der Waals surface area contributed by atoms with Gasteiger partial charge in [0, 0.05) is 12.8 Å². The molecule has 5 heteroatoms. The van der Waals surface area contributed by atoms with Crippen molar-refractivity contribution in [2.45, 2.75) is 174 Å². The highest BCUT2D eigenvalue weighted by Gasteiger charge is 2.12. The molecule has 0 radical (unpaired) electrons. The smallest absolute Gasteiger partial charge is 0.305 e. The second-order valence-corrected chi connectivity index (χ2v) is 10.6. The molecule has 0 aliphatic heterocycles. The number of aliphatic hydroxyl groups is 1. The Bertz CT molecular complexity index is 480. The quantitative estimate of drug-likeness (QED) is 0.0837. The van der Waals surface area contributed by atoms with Crippen molar-refractivity contribution in [3.05, 3.63) is 0 Å². The zero-order valence-electron chi connectivity index (χ0n) is 24.0. The summed E-state index contributed by atoms with van der Waals surface area (Å²) in [6, 6.07) is 0. The predicted octanol–water partition coefficient (Wildman–Crippen LogP) is 8.84. The minimum absolute atomic E-state index is 0.109. The van der Waals surface area contributed by atoms with Gasteiger partial charge >= 0.3 is 11.9 Å². The molecule has 0 aromatic carbocycles. The molecule has 0 bridgehead atoms. The van der Waals surface area contributed by atoms with Gasteiger partial charge in [0.25, 0.3) is 0 Å². The van der Waals surface area contributed by atoms with E-state index in [4.69, 9.17) is 9.47 Å². The minimum atomic E-state index is -0.951. The van der Waals surface area contributed by atoms with Gasteiger partial charge in [0.1, 0.15) is 19.3 Å². The third-order valence-electron chi connectivity index (χ3n) is 6.84. The summed E-state index contributed by atoms with van der Waals surface area (Å²) in [5.41, 5.74) is 0. The highest BCUT2D eigenvalue weighted by molar-refractivity contribution is 5.69. The monoisotopic (exact) mass is 512 g/mol. The number of unbranched alkanes of at least 4 members (excludes halogenated alkanes) is 20. The normalized spacial score (nSPS) is 12.0. The molecule has 0 aromatic heterocycles. The molecule has 1 atom stereocenters. The first kappa shape index (κ1) is 34.9. The van der Waals surface area contributed by atoms with Crippen LogP contribution in [0.3, 0.4) is 0 Å². The largest absolute Gasteiger partial charge is 0.463 e. The van der Waals surface area contributed by atoms with Crippen LogP contribution in [0.25, 0.3) is 0 Å². The molecule has 1 N–H and O–H groups in total. The summed E-state index contributed by atoms with van der Waals surface area (Å²) in [5.74, 6) is -0.562. The van der Waals surface area contributed by atoms with Crippen LogP contribution in [0.4, 0.5) is 0 Å². The zero-order chi connectivity index (χ0) is 26.5. The number of ether oxygens (including phenoxy) is 2. The van der Waals surface area contributed by atoms with E-state index in [1.807, 2.05) is 0 Å². The summed E-state index contributed by atoms with van der Waals surface area (Å²) < 4.78 is 10.2. The molecule has 0 aromatic rings. The lowest BCUT2D eigenvalue weighted by Crippen LogP contribution is -2.25. The average Bonchev–Trinajstić information content (AvgIpc) is 2.88. The van der Waals surface area contributed by atoms with Crippen LogP contribution in [0.5, 0.6) is 0 Å². The van der Waals surface area contributed by atoms with Crippen LogP contribution < -0.4 is 0 Å². The number of carbonyl (C=O) groups is 2. The molecular weight excluding hydrogens is 452 g/mol. The Kier molecular flexibility index (Phi) is 27.6. The van der Waals surface area contributed by atoms with Gasteiger partial charge in [0.05, 0.1) is 0 Å². The second kappa shape index (κ2) is 28.5. The highest BCUT2D eigenvalue weighted by atomic mass is 16.6. The molecule has 5 nitrogen and oxygen atoms in total. The van der Waals surface area contributed by atoms with E-state index >= 15 is 0 Å². The highest BCUT2D eigenvalue weighted by Crippen LogP contribution is 2.13. The topological polar surface area (TPSA) is 72.8 Å². The zero-order valence-corrected chi connectivity index (χ0v) is 24.0. The summed E-state index contributed by atoms with van der Waals surface area (Å²) in [6.07, 6.45) is 27.2. The van der Waals surface area contributed by atoms with E-state index in [0.717, 1.165) is 32.1 Å². The lowest BCUT2D eigenvalue weighted by molar-refractivity contribution is -0.152. The van der Waals surface area contributed by atoms with Crippen LogP contribution in [0, 0.1) is 0 Å². The summed E-state index contributed by atoms with van der Waals surface area (Å²) in [5, 5.41) is 9.91. The van der Waals surface area contributed by atoms with Crippen molar-refractivity contribution in [2.24, 2.45) is 0 Å². The Hall–Kier alpha value is -1.10. The van der Waals surface area contributed by atoms with Gasteiger partial charge in [-0.2, -0.15) is 0 Å². The molecule has 0 spiro atoms. The fourth-order valence-corrected chi connectivity index (χ4v) is 4.44. The maximum atomic E-state index is 11.8. The maximum Gasteiger partial charge on any atom is 0.305 e. The van der Waals surface area contributed by atoms with E-state index in [1.165, 1.54) is 109 Å². The first-order valence-electron chi connectivity index (χ1n) is 15.6. The summed E-state index contributed by atoms with van der Waals surface area (Å²) >= 11 is 0. The van der Waals surface area contributed by atoms with E-state index in [-0.39, 0.29) is 25.2 Å². The van der Waals surface area contributed by atoms with Crippen LogP contribution in [0.15, 0.2) is 0 Å².